The maximum Gasteiger partial charge on any atom is 0.259 e. The van der Waals surface area contributed by atoms with E-state index in [1.807, 2.05) is 18.2 Å². The van der Waals surface area contributed by atoms with Gasteiger partial charge in [0.05, 0.1) is 11.3 Å². The predicted molar refractivity (Wildman–Crippen MR) is 94.3 cm³/mol. The third kappa shape index (κ3) is 3.05. The first kappa shape index (κ1) is 15.6. The van der Waals surface area contributed by atoms with Gasteiger partial charge in [0.15, 0.2) is 5.75 Å². The quantitative estimate of drug-likeness (QED) is 0.643. The van der Waals surface area contributed by atoms with Gasteiger partial charge in [0.2, 0.25) is 5.91 Å². The van der Waals surface area contributed by atoms with Gasteiger partial charge in [0.25, 0.3) is 5.91 Å². The Kier molecular flexibility index (Phi) is 4.16. The Bertz CT molecular complexity index is 921. The zero-order valence-corrected chi connectivity index (χ0v) is 13.0. The molecule has 120 valence electrons. The molecule has 0 saturated carbocycles. The molecule has 5 heteroatoms. The van der Waals surface area contributed by atoms with E-state index in [1.165, 1.54) is 6.92 Å². The van der Waals surface area contributed by atoms with Gasteiger partial charge < -0.3 is 15.7 Å². The Morgan fingerprint density at radius 1 is 0.917 bits per heavy atom. The maximum atomic E-state index is 12.5. The summed E-state index contributed by atoms with van der Waals surface area (Å²) < 4.78 is 0. The van der Waals surface area contributed by atoms with Gasteiger partial charge in [-0.05, 0) is 23.6 Å². The highest BCUT2D eigenvalue weighted by Crippen LogP contribution is 2.36. The van der Waals surface area contributed by atoms with Crippen LogP contribution in [0.1, 0.15) is 17.3 Å². The van der Waals surface area contributed by atoms with Gasteiger partial charge in [-0.15, -0.1) is 0 Å². The number of para-hydroxylation sites is 1. The summed E-state index contributed by atoms with van der Waals surface area (Å²) in [5.74, 6) is -1.02. The van der Waals surface area contributed by atoms with Crippen molar-refractivity contribution in [2.75, 3.05) is 10.6 Å². The number of amides is 2. The van der Waals surface area contributed by atoms with Crippen LogP contribution < -0.4 is 10.6 Å². The zero-order valence-electron chi connectivity index (χ0n) is 13.0. The smallest absolute Gasteiger partial charge is 0.259 e. The van der Waals surface area contributed by atoms with Crippen molar-refractivity contribution < 1.29 is 14.7 Å². The SMILES string of the molecule is CC(=O)Nc1c(O)c(C(=O)Nc2ccccc2)cc2ccccc12. The summed E-state index contributed by atoms with van der Waals surface area (Å²) >= 11 is 0. The molecule has 3 N–H and O–H groups in total. The summed E-state index contributed by atoms with van der Waals surface area (Å²) in [6.07, 6.45) is 0. The molecule has 0 bridgehead atoms. The summed E-state index contributed by atoms with van der Waals surface area (Å²) in [6, 6.07) is 17.8. The minimum Gasteiger partial charge on any atom is -0.505 e. The van der Waals surface area contributed by atoms with Crippen LogP contribution in [0.3, 0.4) is 0 Å². The number of benzene rings is 3. The molecule has 24 heavy (non-hydrogen) atoms. The summed E-state index contributed by atoms with van der Waals surface area (Å²) in [4.78, 5) is 24.0. The molecular weight excluding hydrogens is 304 g/mol. The lowest BCUT2D eigenvalue weighted by Gasteiger charge is -2.14. The second-order valence-electron chi connectivity index (χ2n) is 5.37. The van der Waals surface area contributed by atoms with Crippen LogP contribution in [-0.2, 0) is 4.79 Å². The first-order valence-electron chi connectivity index (χ1n) is 7.45. The molecule has 0 atom stereocenters. The van der Waals surface area contributed by atoms with E-state index in [4.69, 9.17) is 0 Å². The van der Waals surface area contributed by atoms with Crippen LogP contribution >= 0.6 is 0 Å². The summed E-state index contributed by atoms with van der Waals surface area (Å²) in [5.41, 5.74) is 0.955. The van der Waals surface area contributed by atoms with Gasteiger partial charge in [-0.1, -0.05) is 42.5 Å². The number of carbonyl (C=O) groups excluding carboxylic acids is 2. The van der Waals surface area contributed by atoms with Crippen molar-refractivity contribution in [1.82, 2.24) is 0 Å². The van der Waals surface area contributed by atoms with E-state index in [9.17, 15) is 14.7 Å². The average molecular weight is 320 g/mol. The lowest BCUT2D eigenvalue weighted by Crippen LogP contribution is -2.14. The van der Waals surface area contributed by atoms with Gasteiger partial charge in [-0.3, -0.25) is 9.59 Å². The molecule has 0 aliphatic heterocycles. The third-order valence-corrected chi connectivity index (χ3v) is 3.60. The molecule has 0 fully saturated rings. The Hall–Kier alpha value is -3.34. The van der Waals surface area contributed by atoms with Crippen molar-refractivity contribution in [3.05, 3.63) is 66.2 Å². The third-order valence-electron chi connectivity index (χ3n) is 3.60. The van der Waals surface area contributed by atoms with Crippen LogP contribution in [0.4, 0.5) is 11.4 Å². The standard InChI is InChI=1S/C19H16N2O3/c1-12(22)20-17-15-10-6-5-7-13(15)11-16(18(17)23)19(24)21-14-8-3-2-4-9-14/h2-11,23H,1H3,(H,20,22)(H,21,24). The number of nitrogens with one attached hydrogen (secondary N) is 2. The molecule has 0 aliphatic carbocycles. The number of carbonyl (C=O) groups is 2. The molecule has 5 nitrogen and oxygen atoms in total. The van der Waals surface area contributed by atoms with E-state index >= 15 is 0 Å². The highest BCUT2D eigenvalue weighted by atomic mass is 16.3. The fraction of sp³-hybridized carbons (Fsp3) is 0.0526. The van der Waals surface area contributed by atoms with Crippen LogP contribution in [0.25, 0.3) is 10.8 Å². The summed E-state index contributed by atoms with van der Waals surface area (Å²) in [7, 11) is 0. The molecule has 3 rings (SSSR count). The van der Waals surface area contributed by atoms with Gasteiger partial charge >= 0.3 is 0 Å². The highest BCUT2D eigenvalue weighted by Gasteiger charge is 2.18. The predicted octanol–water partition coefficient (Wildman–Crippen LogP) is 3.76. The van der Waals surface area contributed by atoms with E-state index in [2.05, 4.69) is 10.6 Å². The van der Waals surface area contributed by atoms with Crippen molar-refractivity contribution in [3.63, 3.8) is 0 Å². The van der Waals surface area contributed by atoms with E-state index in [-0.39, 0.29) is 22.9 Å². The summed E-state index contributed by atoms with van der Waals surface area (Å²) in [6.45, 7) is 1.35. The largest absolute Gasteiger partial charge is 0.505 e. The molecule has 0 heterocycles. The monoisotopic (exact) mass is 320 g/mol. The molecule has 2 amide bonds. The Labute approximate surface area is 138 Å². The van der Waals surface area contributed by atoms with E-state index in [0.29, 0.717) is 11.1 Å². The number of fused-ring (bicyclic) bond motifs is 1. The first-order valence-corrected chi connectivity index (χ1v) is 7.45. The topological polar surface area (TPSA) is 78.4 Å². The summed E-state index contributed by atoms with van der Waals surface area (Å²) in [5, 5.41) is 17.3. The Balaban J connectivity index is 2.09. The van der Waals surface area contributed by atoms with Crippen molar-refractivity contribution >= 4 is 34.0 Å². The van der Waals surface area contributed by atoms with Crippen LogP contribution in [0.2, 0.25) is 0 Å². The van der Waals surface area contributed by atoms with Gasteiger partial charge in [-0.25, -0.2) is 0 Å². The highest BCUT2D eigenvalue weighted by molar-refractivity contribution is 6.14. The minimum atomic E-state index is -0.448. The number of phenolic OH excluding ortho intramolecular Hbond substituents is 1. The molecular formula is C19H16N2O3. The lowest BCUT2D eigenvalue weighted by atomic mass is 10.0. The molecule has 0 radical (unpaired) electrons. The number of rotatable bonds is 3. The zero-order chi connectivity index (χ0) is 17.1. The van der Waals surface area contributed by atoms with E-state index < -0.39 is 5.91 Å². The number of hydrogen-bond acceptors (Lipinski definition) is 3. The van der Waals surface area contributed by atoms with Gasteiger partial charge in [-0.2, -0.15) is 0 Å². The number of anilines is 2. The second kappa shape index (κ2) is 6.42. The molecule has 0 spiro atoms. The van der Waals surface area contributed by atoms with Crippen LogP contribution in [0.15, 0.2) is 60.7 Å². The molecule has 0 saturated heterocycles. The van der Waals surface area contributed by atoms with Crippen molar-refractivity contribution in [3.8, 4) is 5.75 Å². The van der Waals surface area contributed by atoms with E-state index in [1.54, 1.807) is 42.5 Å². The van der Waals surface area contributed by atoms with Crippen molar-refractivity contribution in [2.45, 2.75) is 6.92 Å². The molecule has 0 aromatic heterocycles. The number of aromatic hydroxyl groups is 1. The Morgan fingerprint density at radius 3 is 2.29 bits per heavy atom. The fourth-order valence-electron chi connectivity index (χ4n) is 2.53. The second-order valence-corrected chi connectivity index (χ2v) is 5.37. The number of hydrogen-bond donors (Lipinski definition) is 3. The normalized spacial score (nSPS) is 10.4. The van der Waals surface area contributed by atoms with Crippen LogP contribution in [-0.4, -0.2) is 16.9 Å². The van der Waals surface area contributed by atoms with Gasteiger partial charge in [0.1, 0.15) is 0 Å². The lowest BCUT2D eigenvalue weighted by molar-refractivity contribution is -0.114. The molecule has 0 unspecified atom stereocenters. The maximum absolute atomic E-state index is 12.5. The molecule has 3 aromatic rings. The molecule has 0 aliphatic rings. The molecule has 3 aromatic carbocycles. The first-order chi connectivity index (χ1) is 11.6. The Morgan fingerprint density at radius 2 is 1.58 bits per heavy atom. The van der Waals surface area contributed by atoms with Crippen LogP contribution in [0, 0.1) is 0 Å². The van der Waals surface area contributed by atoms with Crippen LogP contribution in [0.5, 0.6) is 5.75 Å². The fourth-order valence-corrected chi connectivity index (χ4v) is 2.53. The van der Waals surface area contributed by atoms with Crippen molar-refractivity contribution in [2.24, 2.45) is 0 Å². The minimum absolute atomic E-state index is 0.0984. The number of phenols is 1. The van der Waals surface area contributed by atoms with E-state index in [0.717, 1.165) is 5.39 Å². The van der Waals surface area contributed by atoms with Crippen molar-refractivity contribution in [1.29, 1.82) is 0 Å². The average Bonchev–Trinajstić information content (AvgIpc) is 2.57. The van der Waals surface area contributed by atoms with Gasteiger partial charge in [0, 0.05) is 18.0 Å².